The Bertz CT molecular complexity index is 4050. The lowest BCUT2D eigenvalue weighted by Crippen LogP contribution is -2.11. The fourth-order valence-corrected chi connectivity index (χ4v) is 11.4. The molecule has 0 aliphatic rings. The number of benzene rings is 6. The van der Waals surface area contributed by atoms with Gasteiger partial charge in [-0.25, -0.2) is 15.0 Å². The fourth-order valence-electron chi connectivity index (χ4n) is 11.4. The molecule has 12 rings (SSSR count). The standard InChI is InChI=1S/C14H20N2.5C13H18N2/c1-10(2)16-13-8-12(14(3,4)5)7-6-11(13)9-15-16;1-9(2)11-5-6-13-12(7-11)14-8-15(13)10(3)4;1-9(2)11-5-6-13-12(7-11)8-14-15(13)10(3)4;1-9(2)11-5-6-12-13(7-11)15(8-14-12)10(3)4;1-9(2)11-6-5-7-13-12(11)8-14-15(13)10(3)4;1-9(2)11-6-5-7-12-13(11)14-8-15(12)10(3)4/h6-10H,1-5H3;5*5-10H,1-4H3. The molecule has 0 spiro atoms. The highest BCUT2D eigenvalue weighted by Gasteiger charge is 2.17. The summed E-state index contributed by atoms with van der Waals surface area (Å²) in [6.07, 6.45) is 11.7. The second-order valence-corrected chi connectivity index (χ2v) is 28.9. The molecule has 6 aromatic carbocycles. The molecule has 0 N–H and O–H groups in total. The lowest BCUT2D eigenvalue weighted by molar-refractivity contribution is 0.548. The summed E-state index contributed by atoms with van der Waals surface area (Å²) in [5.74, 6) is 2.81. The largest absolute Gasteiger partial charge is 0.328 e. The summed E-state index contributed by atoms with van der Waals surface area (Å²) in [5, 5.41) is 17.1. The molecular formula is C79H110N12. The summed E-state index contributed by atoms with van der Waals surface area (Å²) < 4.78 is 12.9. The van der Waals surface area contributed by atoms with Gasteiger partial charge in [0.05, 0.1) is 87.2 Å². The van der Waals surface area contributed by atoms with Gasteiger partial charge in [-0.1, -0.05) is 145 Å². The first-order valence-electron chi connectivity index (χ1n) is 33.7. The first kappa shape index (κ1) is 70.6. The van der Waals surface area contributed by atoms with E-state index in [-0.39, 0.29) is 5.41 Å². The summed E-state index contributed by atoms with van der Waals surface area (Å²) >= 11 is 0. The zero-order valence-corrected chi connectivity index (χ0v) is 60.1. The van der Waals surface area contributed by atoms with E-state index in [1.54, 1.807) is 0 Å². The van der Waals surface area contributed by atoms with Gasteiger partial charge in [0.1, 0.15) is 0 Å². The van der Waals surface area contributed by atoms with Crippen molar-refractivity contribution in [1.29, 1.82) is 0 Å². The molecule has 486 valence electrons. The zero-order valence-electron chi connectivity index (χ0n) is 60.1. The Labute approximate surface area is 545 Å². The van der Waals surface area contributed by atoms with Crippen molar-refractivity contribution in [1.82, 2.24) is 58.0 Å². The quantitative estimate of drug-likeness (QED) is 0.128. The maximum absolute atomic E-state index is 4.52. The Morgan fingerprint density at radius 1 is 0.319 bits per heavy atom. The van der Waals surface area contributed by atoms with Crippen LogP contribution in [0.3, 0.4) is 0 Å². The number of fused-ring (bicyclic) bond motifs is 6. The third-order valence-corrected chi connectivity index (χ3v) is 17.0. The summed E-state index contributed by atoms with van der Waals surface area (Å²) in [7, 11) is 0. The van der Waals surface area contributed by atoms with Gasteiger partial charge in [0.2, 0.25) is 0 Å². The minimum absolute atomic E-state index is 0.195. The van der Waals surface area contributed by atoms with Crippen molar-refractivity contribution in [3.05, 3.63) is 180 Å². The van der Waals surface area contributed by atoms with Crippen LogP contribution < -0.4 is 0 Å². The van der Waals surface area contributed by atoms with Crippen LogP contribution in [-0.4, -0.2) is 58.0 Å². The Morgan fingerprint density at radius 2 is 0.769 bits per heavy atom. The predicted molar refractivity (Wildman–Crippen MR) is 390 cm³/mol. The zero-order chi connectivity index (χ0) is 66.9. The van der Waals surface area contributed by atoms with Crippen molar-refractivity contribution in [3.8, 4) is 0 Å². The minimum atomic E-state index is 0.195. The lowest BCUT2D eigenvalue weighted by Gasteiger charge is -2.19. The Hall–Kier alpha value is -7.86. The second kappa shape index (κ2) is 30.5. The molecule has 12 aromatic rings. The van der Waals surface area contributed by atoms with Crippen molar-refractivity contribution >= 4 is 65.8 Å². The number of aromatic nitrogens is 12. The van der Waals surface area contributed by atoms with Crippen LogP contribution in [0.1, 0.15) is 272 Å². The first-order chi connectivity index (χ1) is 42.9. The average molecular weight is 1230 g/mol. The van der Waals surface area contributed by atoms with E-state index in [1.165, 1.54) is 82.6 Å². The van der Waals surface area contributed by atoms with Gasteiger partial charge < -0.3 is 13.7 Å². The molecule has 0 saturated carbocycles. The van der Waals surface area contributed by atoms with Crippen LogP contribution in [0.25, 0.3) is 65.8 Å². The molecular weight excluding hydrogens is 1120 g/mol. The topological polar surface area (TPSA) is 107 Å². The maximum Gasteiger partial charge on any atom is 0.0960 e. The van der Waals surface area contributed by atoms with Crippen LogP contribution in [0.4, 0.5) is 0 Å². The van der Waals surface area contributed by atoms with Crippen molar-refractivity contribution in [2.24, 2.45) is 0 Å². The molecule has 0 bridgehead atoms. The van der Waals surface area contributed by atoms with E-state index in [2.05, 4.69) is 340 Å². The molecule has 12 heteroatoms. The molecule has 0 radical (unpaired) electrons. The van der Waals surface area contributed by atoms with Crippen LogP contribution >= 0.6 is 0 Å². The maximum atomic E-state index is 4.52. The van der Waals surface area contributed by atoms with Gasteiger partial charge in [0.25, 0.3) is 0 Å². The monoisotopic (exact) mass is 1230 g/mol. The minimum Gasteiger partial charge on any atom is -0.328 e. The highest BCUT2D eigenvalue weighted by molar-refractivity contribution is 5.84. The summed E-state index contributed by atoms with van der Waals surface area (Å²) in [4.78, 5) is 13.4. The van der Waals surface area contributed by atoms with Crippen LogP contribution in [0.15, 0.2) is 147 Å². The number of para-hydroxylation sites is 1. The van der Waals surface area contributed by atoms with Crippen LogP contribution in [0.2, 0.25) is 0 Å². The lowest BCUT2D eigenvalue weighted by atomic mass is 9.87. The third-order valence-electron chi connectivity index (χ3n) is 17.0. The number of imidazole rings is 3. The molecule has 0 atom stereocenters. The van der Waals surface area contributed by atoms with Crippen LogP contribution in [0.5, 0.6) is 0 Å². The predicted octanol–water partition coefficient (Wildman–Crippen LogP) is 22.6. The van der Waals surface area contributed by atoms with E-state index in [1.807, 2.05) is 37.6 Å². The summed E-state index contributed by atoms with van der Waals surface area (Å²) in [5.41, 5.74) is 19.2. The normalized spacial score (nSPS) is 12.0. The molecule has 91 heavy (non-hydrogen) atoms. The van der Waals surface area contributed by atoms with E-state index in [4.69, 9.17) is 0 Å². The van der Waals surface area contributed by atoms with Gasteiger partial charge in [-0.05, 0) is 206 Å². The Morgan fingerprint density at radius 3 is 1.32 bits per heavy atom. The first-order valence-corrected chi connectivity index (χ1v) is 33.7. The van der Waals surface area contributed by atoms with Crippen molar-refractivity contribution in [3.63, 3.8) is 0 Å². The van der Waals surface area contributed by atoms with Crippen molar-refractivity contribution in [2.45, 2.75) is 244 Å². The molecule has 12 nitrogen and oxygen atoms in total. The Balaban J connectivity index is 0.000000155. The number of hydrogen-bond acceptors (Lipinski definition) is 6. The van der Waals surface area contributed by atoms with Crippen LogP contribution in [0, 0.1) is 0 Å². The van der Waals surface area contributed by atoms with Gasteiger partial charge >= 0.3 is 0 Å². The van der Waals surface area contributed by atoms with Crippen molar-refractivity contribution < 1.29 is 0 Å². The fraction of sp³-hybridized carbons (Fsp3) is 0.468. The van der Waals surface area contributed by atoms with Gasteiger partial charge in [0, 0.05) is 52.4 Å². The number of rotatable bonds is 11. The average Bonchev–Trinajstić information content (AvgIpc) is 2.35. The Kier molecular flexibility index (Phi) is 23.7. The van der Waals surface area contributed by atoms with E-state index >= 15 is 0 Å². The SMILES string of the molecule is CC(C)c1ccc2c(c1)ncn2C(C)C.CC(C)c1ccc2c(cnn2C(C)C)c1.CC(C)c1ccc2ncn(C(C)C)c2c1.CC(C)c1cccc2c1cnn2C(C)C.CC(C)c1cccc2c1ncn2C(C)C.CC(C)n1ncc2ccc(C(C)(C)C)cc21. The van der Waals surface area contributed by atoms with Crippen molar-refractivity contribution in [2.75, 3.05) is 0 Å². The molecule has 0 aliphatic carbocycles. The number of hydrogen-bond donors (Lipinski definition) is 0. The summed E-state index contributed by atoms with van der Waals surface area (Å²) in [6, 6.07) is 41.9. The molecule has 0 saturated heterocycles. The summed E-state index contributed by atoms with van der Waals surface area (Å²) in [6.45, 7) is 54.9. The van der Waals surface area contributed by atoms with E-state index in [9.17, 15) is 0 Å². The van der Waals surface area contributed by atoms with E-state index < -0.39 is 0 Å². The molecule has 0 fully saturated rings. The van der Waals surface area contributed by atoms with E-state index in [0.717, 1.165) is 16.6 Å². The van der Waals surface area contributed by atoms with E-state index in [0.29, 0.717) is 65.8 Å². The molecule has 6 aromatic heterocycles. The van der Waals surface area contributed by atoms with Crippen LogP contribution in [-0.2, 0) is 5.41 Å². The third kappa shape index (κ3) is 17.0. The highest BCUT2D eigenvalue weighted by Crippen LogP contribution is 2.31. The van der Waals surface area contributed by atoms with Gasteiger partial charge in [-0.15, -0.1) is 0 Å². The van der Waals surface area contributed by atoms with Gasteiger partial charge in [-0.2, -0.15) is 15.3 Å². The smallest absolute Gasteiger partial charge is 0.0960 e. The van der Waals surface area contributed by atoms with Gasteiger partial charge in [-0.3, -0.25) is 14.0 Å². The highest BCUT2D eigenvalue weighted by atomic mass is 15.3. The number of nitrogens with zero attached hydrogens (tertiary/aromatic N) is 12. The molecule has 0 aliphatic heterocycles. The molecule has 6 heterocycles. The van der Waals surface area contributed by atoms with Gasteiger partial charge in [0.15, 0.2) is 0 Å². The molecule has 0 unspecified atom stereocenters. The second-order valence-electron chi connectivity index (χ2n) is 28.9. The molecule has 0 amide bonds.